The van der Waals surface area contributed by atoms with E-state index in [1.54, 1.807) is 30.2 Å². The highest BCUT2D eigenvalue weighted by Gasteiger charge is 2.30. The standard InChI is InChI=1S/C17H22N6O4/c1-26-8-7-22-10-12(3-6-16(22)24)17(25)19-14-5-4-13(9-15(14)27-2)23-11-18-20-21-23/h4-5,9,11-12H,3,6-8,10H2,1-2H3,(H,19,25). The highest BCUT2D eigenvalue weighted by Crippen LogP contribution is 2.28. The van der Waals surface area contributed by atoms with E-state index in [1.165, 1.54) is 18.1 Å². The molecule has 0 saturated carbocycles. The van der Waals surface area contributed by atoms with Gasteiger partial charge in [0, 0.05) is 32.7 Å². The van der Waals surface area contributed by atoms with Crippen molar-refractivity contribution in [2.45, 2.75) is 12.8 Å². The average molecular weight is 374 g/mol. The smallest absolute Gasteiger partial charge is 0.229 e. The molecule has 1 fully saturated rings. The van der Waals surface area contributed by atoms with Crippen molar-refractivity contribution in [3.63, 3.8) is 0 Å². The first-order valence-electron chi connectivity index (χ1n) is 8.61. The predicted molar refractivity (Wildman–Crippen MR) is 95.5 cm³/mol. The van der Waals surface area contributed by atoms with E-state index in [1.807, 2.05) is 0 Å². The fourth-order valence-corrected chi connectivity index (χ4v) is 2.99. The summed E-state index contributed by atoms with van der Waals surface area (Å²) in [5.74, 6) is 0.140. The number of carbonyl (C=O) groups is 2. The molecule has 1 aromatic carbocycles. The fraction of sp³-hybridized carbons (Fsp3) is 0.471. The minimum Gasteiger partial charge on any atom is -0.494 e. The molecule has 1 unspecified atom stereocenters. The number of hydrogen-bond donors (Lipinski definition) is 1. The van der Waals surface area contributed by atoms with Gasteiger partial charge in [-0.1, -0.05) is 0 Å². The Morgan fingerprint density at radius 3 is 2.93 bits per heavy atom. The number of likely N-dealkylation sites (tertiary alicyclic amines) is 1. The largest absolute Gasteiger partial charge is 0.494 e. The molecule has 10 heteroatoms. The topological polar surface area (TPSA) is 111 Å². The second kappa shape index (κ2) is 8.58. The lowest BCUT2D eigenvalue weighted by molar-refractivity contribution is -0.137. The predicted octanol–water partition coefficient (Wildman–Crippen LogP) is 0.494. The van der Waals surface area contributed by atoms with Crippen LogP contribution >= 0.6 is 0 Å². The van der Waals surface area contributed by atoms with Crippen molar-refractivity contribution < 1.29 is 19.1 Å². The average Bonchev–Trinajstić information content (AvgIpc) is 3.22. The van der Waals surface area contributed by atoms with E-state index < -0.39 is 0 Å². The number of nitrogens with one attached hydrogen (secondary N) is 1. The number of piperidine rings is 1. The number of methoxy groups -OCH3 is 2. The maximum Gasteiger partial charge on any atom is 0.229 e. The molecule has 1 saturated heterocycles. The third-order valence-corrected chi connectivity index (χ3v) is 4.49. The van der Waals surface area contributed by atoms with Crippen molar-refractivity contribution in [2.24, 2.45) is 5.92 Å². The van der Waals surface area contributed by atoms with Gasteiger partial charge in [-0.3, -0.25) is 9.59 Å². The lowest BCUT2D eigenvalue weighted by Crippen LogP contribution is -2.45. The van der Waals surface area contributed by atoms with Crippen molar-refractivity contribution >= 4 is 17.5 Å². The molecule has 0 radical (unpaired) electrons. The van der Waals surface area contributed by atoms with Crippen LogP contribution in [0.2, 0.25) is 0 Å². The van der Waals surface area contributed by atoms with Gasteiger partial charge in [-0.2, -0.15) is 0 Å². The molecule has 1 aromatic heterocycles. The minimum absolute atomic E-state index is 0.0551. The van der Waals surface area contributed by atoms with Crippen LogP contribution in [0.5, 0.6) is 5.75 Å². The van der Waals surface area contributed by atoms with Gasteiger partial charge in [0.15, 0.2) is 0 Å². The van der Waals surface area contributed by atoms with Crippen molar-refractivity contribution in [3.8, 4) is 11.4 Å². The SMILES string of the molecule is COCCN1CC(C(=O)Nc2ccc(-n3cnnn3)cc2OC)CCC1=O. The van der Waals surface area contributed by atoms with Gasteiger partial charge in [0.05, 0.1) is 31.0 Å². The molecule has 144 valence electrons. The Kier molecular flexibility index (Phi) is 5.97. The number of anilines is 1. The summed E-state index contributed by atoms with van der Waals surface area (Å²) in [7, 11) is 3.12. The quantitative estimate of drug-likeness (QED) is 0.751. The van der Waals surface area contributed by atoms with Gasteiger partial charge in [-0.05, 0) is 29.0 Å². The first-order valence-corrected chi connectivity index (χ1v) is 8.61. The van der Waals surface area contributed by atoms with Crippen LogP contribution in [0.3, 0.4) is 0 Å². The molecule has 1 atom stereocenters. The molecule has 2 heterocycles. The second-order valence-electron chi connectivity index (χ2n) is 6.20. The van der Waals surface area contributed by atoms with Gasteiger partial charge in [-0.15, -0.1) is 5.10 Å². The molecular formula is C17H22N6O4. The Bertz CT molecular complexity index is 795. The highest BCUT2D eigenvalue weighted by atomic mass is 16.5. The molecule has 27 heavy (non-hydrogen) atoms. The third-order valence-electron chi connectivity index (χ3n) is 4.49. The second-order valence-corrected chi connectivity index (χ2v) is 6.20. The normalized spacial score (nSPS) is 17.0. The zero-order valence-corrected chi connectivity index (χ0v) is 15.3. The molecular weight excluding hydrogens is 352 g/mol. The summed E-state index contributed by atoms with van der Waals surface area (Å²) >= 11 is 0. The molecule has 3 rings (SSSR count). The number of nitrogens with zero attached hydrogens (tertiary/aromatic N) is 5. The van der Waals surface area contributed by atoms with Crippen LogP contribution in [0.25, 0.3) is 5.69 Å². The van der Waals surface area contributed by atoms with Crippen LogP contribution in [0.1, 0.15) is 12.8 Å². The van der Waals surface area contributed by atoms with Crippen molar-refractivity contribution in [2.75, 3.05) is 39.2 Å². The van der Waals surface area contributed by atoms with Gasteiger partial charge < -0.3 is 19.7 Å². The number of hydrogen-bond acceptors (Lipinski definition) is 7. The third kappa shape index (κ3) is 4.40. The summed E-state index contributed by atoms with van der Waals surface area (Å²) in [6.07, 6.45) is 2.36. The zero-order chi connectivity index (χ0) is 19.2. The van der Waals surface area contributed by atoms with Gasteiger partial charge >= 0.3 is 0 Å². The Balaban J connectivity index is 1.69. The summed E-state index contributed by atoms with van der Waals surface area (Å²) < 4.78 is 11.9. The van der Waals surface area contributed by atoms with Gasteiger partial charge in [0.1, 0.15) is 12.1 Å². The first kappa shape index (κ1) is 18.8. The van der Waals surface area contributed by atoms with Crippen LogP contribution in [-0.4, -0.2) is 70.8 Å². The molecule has 2 amide bonds. The maximum absolute atomic E-state index is 12.7. The van der Waals surface area contributed by atoms with E-state index in [2.05, 4.69) is 20.8 Å². The summed E-state index contributed by atoms with van der Waals surface area (Å²) in [5.41, 5.74) is 1.27. The van der Waals surface area contributed by atoms with Crippen LogP contribution < -0.4 is 10.1 Å². The Labute approximate surface area is 156 Å². The van der Waals surface area contributed by atoms with E-state index in [0.717, 1.165) is 0 Å². The fourth-order valence-electron chi connectivity index (χ4n) is 2.99. The monoisotopic (exact) mass is 374 g/mol. The van der Waals surface area contributed by atoms with Gasteiger partial charge in [0.25, 0.3) is 0 Å². The Morgan fingerprint density at radius 1 is 1.37 bits per heavy atom. The van der Waals surface area contributed by atoms with Crippen molar-refractivity contribution in [1.82, 2.24) is 25.1 Å². The number of amides is 2. The lowest BCUT2D eigenvalue weighted by atomic mass is 9.96. The van der Waals surface area contributed by atoms with Crippen LogP contribution in [0, 0.1) is 5.92 Å². The molecule has 10 nitrogen and oxygen atoms in total. The van der Waals surface area contributed by atoms with Crippen LogP contribution in [0.4, 0.5) is 5.69 Å². The molecule has 1 aliphatic heterocycles. The van der Waals surface area contributed by atoms with Crippen molar-refractivity contribution in [1.29, 1.82) is 0 Å². The molecule has 2 aromatic rings. The summed E-state index contributed by atoms with van der Waals surface area (Å²) in [6, 6.07) is 5.26. The number of ether oxygens (including phenoxy) is 2. The number of aromatic nitrogens is 4. The van der Waals surface area contributed by atoms with E-state index >= 15 is 0 Å². The number of rotatable bonds is 7. The highest BCUT2D eigenvalue weighted by molar-refractivity contribution is 5.95. The molecule has 0 spiro atoms. The molecule has 1 N–H and O–H groups in total. The van der Waals surface area contributed by atoms with Gasteiger partial charge in [-0.25, -0.2) is 4.68 Å². The first-order chi connectivity index (χ1) is 13.1. The van der Waals surface area contributed by atoms with E-state index in [0.29, 0.717) is 49.7 Å². The number of tetrazole rings is 1. The Morgan fingerprint density at radius 2 is 2.22 bits per heavy atom. The number of carbonyl (C=O) groups excluding carboxylic acids is 2. The zero-order valence-electron chi connectivity index (χ0n) is 15.3. The Hall–Kier alpha value is -3.01. The maximum atomic E-state index is 12.7. The summed E-state index contributed by atoms with van der Waals surface area (Å²) in [5, 5.41) is 13.9. The lowest BCUT2D eigenvalue weighted by Gasteiger charge is -2.31. The molecule has 0 aliphatic carbocycles. The number of benzene rings is 1. The van der Waals surface area contributed by atoms with Crippen LogP contribution in [-0.2, 0) is 14.3 Å². The van der Waals surface area contributed by atoms with E-state index in [9.17, 15) is 9.59 Å². The van der Waals surface area contributed by atoms with E-state index in [-0.39, 0.29) is 17.7 Å². The van der Waals surface area contributed by atoms with Crippen molar-refractivity contribution in [3.05, 3.63) is 24.5 Å². The molecule has 1 aliphatic rings. The minimum atomic E-state index is -0.275. The van der Waals surface area contributed by atoms with Crippen LogP contribution in [0.15, 0.2) is 24.5 Å². The molecule has 0 bridgehead atoms. The van der Waals surface area contributed by atoms with E-state index in [4.69, 9.17) is 9.47 Å². The van der Waals surface area contributed by atoms with Gasteiger partial charge in [0.2, 0.25) is 11.8 Å². The summed E-state index contributed by atoms with van der Waals surface area (Å²) in [6.45, 7) is 1.33. The summed E-state index contributed by atoms with van der Waals surface area (Å²) in [4.78, 5) is 26.4.